The van der Waals surface area contributed by atoms with Crippen molar-refractivity contribution in [3.05, 3.63) is 85.1 Å². The van der Waals surface area contributed by atoms with Gasteiger partial charge in [0.05, 0.1) is 28.1 Å². The van der Waals surface area contributed by atoms with Crippen molar-refractivity contribution in [3.8, 4) is 22.6 Å². The van der Waals surface area contributed by atoms with Crippen LogP contribution in [0.3, 0.4) is 0 Å². The number of benzene rings is 3. The molecule has 5 heterocycles. The summed E-state index contributed by atoms with van der Waals surface area (Å²) in [5.41, 5.74) is 8.82. The summed E-state index contributed by atoms with van der Waals surface area (Å²) in [4.78, 5) is 27.6. The van der Waals surface area contributed by atoms with Crippen LogP contribution in [0.4, 0.5) is 29.0 Å². The summed E-state index contributed by atoms with van der Waals surface area (Å²) in [7, 11) is 0. The molecule has 1 saturated heterocycles. The number of nitrogens with zero attached hydrogens (tertiary/aromatic N) is 7. The van der Waals surface area contributed by atoms with Crippen molar-refractivity contribution >= 4 is 51.8 Å². The highest BCUT2D eigenvalue weighted by Crippen LogP contribution is 2.39. The van der Waals surface area contributed by atoms with Crippen LogP contribution in [-0.4, -0.2) is 72.9 Å². The third-order valence-corrected chi connectivity index (χ3v) is 9.43. The van der Waals surface area contributed by atoms with Gasteiger partial charge in [-0.15, -0.1) is 0 Å². The Labute approximate surface area is 265 Å². The van der Waals surface area contributed by atoms with Gasteiger partial charge in [0, 0.05) is 67.3 Å². The molecule has 0 unspecified atom stereocenters. The minimum Gasteiger partial charge on any atom is -0.369 e. The number of nitrogens with one attached hydrogen (secondary N) is 3. The number of fused-ring (bicyclic) bond motifs is 2. The summed E-state index contributed by atoms with van der Waals surface area (Å²) in [6, 6.07) is 26.9. The van der Waals surface area contributed by atoms with Gasteiger partial charge >= 0.3 is 0 Å². The molecule has 3 aromatic heterocycles. The first-order chi connectivity index (χ1) is 22.2. The third-order valence-electron chi connectivity index (χ3n) is 8.47. The van der Waals surface area contributed by atoms with Gasteiger partial charge in [0.15, 0.2) is 5.16 Å². The molecule has 10 nitrogen and oxygen atoms in total. The SMILES string of the molecule is CCN1CCN(c2ccc(Nc3nccc(-c4c(-c5cccc(Nc6nc7ccccc7[nH]6)c5)nc5n4CCS5)n3)cc2)CC1. The van der Waals surface area contributed by atoms with Crippen molar-refractivity contribution < 1.29 is 0 Å². The van der Waals surface area contributed by atoms with Gasteiger partial charge in [-0.1, -0.05) is 43.0 Å². The van der Waals surface area contributed by atoms with E-state index < -0.39 is 0 Å². The van der Waals surface area contributed by atoms with Crippen LogP contribution in [0.25, 0.3) is 33.7 Å². The lowest BCUT2D eigenvalue weighted by molar-refractivity contribution is 0.271. The maximum absolute atomic E-state index is 5.08. The molecular weight excluding hydrogens is 581 g/mol. The molecule has 0 aliphatic carbocycles. The molecule has 0 radical (unpaired) electrons. The van der Waals surface area contributed by atoms with Gasteiger partial charge in [-0.3, -0.25) is 0 Å². The summed E-state index contributed by atoms with van der Waals surface area (Å²) in [6.45, 7) is 8.57. The lowest BCUT2D eigenvalue weighted by Crippen LogP contribution is -2.46. The Bertz CT molecular complexity index is 1920. The number of imidazole rings is 2. The molecule has 1 fully saturated rings. The van der Waals surface area contributed by atoms with E-state index in [1.807, 2.05) is 48.7 Å². The molecule has 2 aliphatic heterocycles. The van der Waals surface area contributed by atoms with Gasteiger partial charge < -0.3 is 30.0 Å². The normalized spacial score (nSPS) is 15.0. The summed E-state index contributed by atoms with van der Waals surface area (Å²) < 4.78 is 2.28. The Balaban J connectivity index is 1.05. The first-order valence-electron chi connectivity index (χ1n) is 15.4. The number of aromatic amines is 1. The second-order valence-corrected chi connectivity index (χ2v) is 12.3. The Morgan fingerprint density at radius 1 is 0.822 bits per heavy atom. The first-order valence-corrected chi connectivity index (χ1v) is 16.4. The van der Waals surface area contributed by atoms with Crippen molar-refractivity contribution in [3.63, 3.8) is 0 Å². The smallest absolute Gasteiger partial charge is 0.227 e. The number of thioether (sulfide) groups is 1. The van der Waals surface area contributed by atoms with Gasteiger partial charge in [0.1, 0.15) is 0 Å². The molecule has 226 valence electrons. The van der Waals surface area contributed by atoms with E-state index in [4.69, 9.17) is 9.97 Å². The highest BCUT2D eigenvalue weighted by Gasteiger charge is 2.25. The molecule has 3 aromatic carbocycles. The number of H-pyrrole nitrogens is 1. The largest absolute Gasteiger partial charge is 0.369 e. The van der Waals surface area contributed by atoms with E-state index in [1.165, 1.54) is 5.69 Å². The first kappa shape index (κ1) is 27.7. The van der Waals surface area contributed by atoms with Crippen LogP contribution >= 0.6 is 11.8 Å². The maximum atomic E-state index is 5.08. The standard InChI is InChI=1S/C34H34N10S/c1-2-42-16-18-43(19-17-42)26-12-10-24(11-13-26)36-32-35-15-14-29(40-32)31-30(41-34-44(31)20-21-45-34)23-6-5-7-25(22-23)37-33-38-27-8-3-4-9-28(27)39-33/h3-15,22H,2,16-21H2,1H3,(H,35,36,40)(H2,37,38,39). The number of likely N-dealkylation sites (N-methyl/N-ethyl adjacent to an activating group) is 1. The van der Waals surface area contributed by atoms with Crippen LogP contribution < -0.4 is 15.5 Å². The molecule has 3 N–H and O–H groups in total. The van der Waals surface area contributed by atoms with E-state index in [2.05, 4.69) is 83.3 Å². The van der Waals surface area contributed by atoms with Crippen molar-refractivity contribution in [2.75, 3.05) is 54.0 Å². The van der Waals surface area contributed by atoms with Gasteiger partial charge in [-0.25, -0.2) is 19.9 Å². The molecule has 8 rings (SSSR count). The van der Waals surface area contributed by atoms with Crippen LogP contribution in [0.2, 0.25) is 0 Å². The molecule has 0 spiro atoms. The Morgan fingerprint density at radius 3 is 2.53 bits per heavy atom. The third kappa shape index (κ3) is 5.60. The molecule has 0 saturated carbocycles. The van der Waals surface area contributed by atoms with Crippen LogP contribution in [0, 0.1) is 0 Å². The van der Waals surface area contributed by atoms with Gasteiger partial charge in [-0.05, 0) is 61.1 Å². The number of rotatable bonds is 8. The number of hydrogen-bond donors (Lipinski definition) is 3. The predicted octanol–water partition coefficient (Wildman–Crippen LogP) is 6.62. The molecular formula is C34H34N10S. The van der Waals surface area contributed by atoms with E-state index in [0.29, 0.717) is 11.9 Å². The van der Waals surface area contributed by atoms with E-state index in [-0.39, 0.29) is 0 Å². The minimum atomic E-state index is 0.560. The molecule has 0 atom stereocenters. The zero-order valence-electron chi connectivity index (χ0n) is 25.1. The number of anilines is 5. The molecule has 0 amide bonds. The number of aromatic nitrogens is 6. The van der Waals surface area contributed by atoms with E-state index in [9.17, 15) is 0 Å². The van der Waals surface area contributed by atoms with Crippen molar-refractivity contribution in [2.24, 2.45) is 0 Å². The maximum Gasteiger partial charge on any atom is 0.227 e. The van der Waals surface area contributed by atoms with Crippen molar-refractivity contribution in [1.29, 1.82) is 0 Å². The summed E-state index contributed by atoms with van der Waals surface area (Å²) in [6.07, 6.45) is 1.82. The second-order valence-electron chi connectivity index (χ2n) is 11.3. The van der Waals surface area contributed by atoms with Crippen LogP contribution in [0.15, 0.2) is 90.2 Å². The number of para-hydroxylation sites is 2. The van der Waals surface area contributed by atoms with Gasteiger partial charge in [-0.2, -0.15) is 0 Å². The highest BCUT2D eigenvalue weighted by molar-refractivity contribution is 7.99. The number of piperazine rings is 1. The second kappa shape index (κ2) is 11.9. The fraction of sp³-hybridized carbons (Fsp3) is 0.235. The Morgan fingerprint density at radius 2 is 1.69 bits per heavy atom. The Kier molecular flexibility index (Phi) is 7.32. The molecule has 0 bridgehead atoms. The highest BCUT2D eigenvalue weighted by atomic mass is 32.2. The fourth-order valence-electron chi connectivity index (χ4n) is 6.09. The molecule has 45 heavy (non-hydrogen) atoms. The van der Waals surface area contributed by atoms with Gasteiger partial charge in [0.2, 0.25) is 11.9 Å². The topological polar surface area (TPSA) is 103 Å². The summed E-state index contributed by atoms with van der Waals surface area (Å²) in [5.74, 6) is 2.26. The van der Waals surface area contributed by atoms with E-state index in [1.54, 1.807) is 11.8 Å². The predicted molar refractivity (Wildman–Crippen MR) is 183 cm³/mol. The average Bonchev–Trinajstić information content (AvgIpc) is 3.80. The quantitative estimate of drug-likeness (QED) is 0.175. The van der Waals surface area contributed by atoms with E-state index >= 15 is 0 Å². The lowest BCUT2D eigenvalue weighted by atomic mass is 10.1. The van der Waals surface area contributed by atoms with Gasteiger partial charge in [0.25, 0.3) is 0 Å². The van der Waals surface area contributed by atoms with Crippen LogP contribution in [0.5, 0.6) is 0 Å². The fourth-order valence-corrected chi connectivity index (χ4v) is 7.04. The zero-order valence-corrected chi connectivity index (χ0v) is 25.9. The summed E-state index contributed by atoms with van der Waals surface area (Å²) in [5, 5.41) is 7.87. The zero-order chi connectivity index (χ0) is 30.2. The average molecular weight is 615 g/mol. The van der Waals surface area contributed by atoms with Crippen molar-refractivity contribution in [1.82, 2.24) is 34.4 Å². The molecule has 6 aromatic rings. The number of hydrogen-bond acceptors (Lipinski definition) is 9. The minimum absolute atomic E-state index is 0.560. The van der Waals surface area contributed by atoms with Crippen LogP contribution in [-0.2, 0) is 6.54 Å². The molecule has 11 heteroatoms. The van der Waals surface area contributed by atoms with E-state index in [0.717, 1.165) is 95.2 Å². The lowest BCUT2D eigenvalue weighted by Gasteiger charge is -2.35. The van der Waals surface area contributed by atoms with Crippen molar-refractivity contribution in [2.45, 2.75) is 18.6 Å². The van der Waals surface area contributed by atoms with Crippen LogP contribution in [0.1, 0.15) is 6.92 Å². The Hall–Kier alpha value is -4.87. The molecule has 2 aliphatic rings. The monoisotopic (exact) mass is 614 g/mol. The summed E-state index contributed by atoms with van der Waals surface area (Å²) >= 11 is 1.78.